The standard InChI is InChI=1S/C12H26O6.C10H23NO5/c1-2-14-5-6-16-9-10-18-12-11-17-8-7-15-4-3-13;11-1-3-13-5-7-15-9-10-16-8-6-14-4-2-12/h13H,2-12H2,1H3;12H,1-11H2. The molecule has 0 aromatic rings. The van der Waals surface area contributed by atoms with Crippen LogP contribution in [0.5, 0.6) is 0 Å². The Labute approximate surface area is 204 Å². The summed E-state index contributed by atoms with van der Waals surface area (Å²) in [4.78, 5) is 0. The van der Waals surface area contributed by atoms with Gasteiger partial charge in [0.2, 0.25) is 0 Å². The van der Waals surface area contributed by atoms with Gasteiger partial charge in [0.25, 0.3) is 0 Å². The van der Waals surface area contributed by atoms with Crippen LogP contribution in [0.4, 0.5) is 0 Å². The molecule has 0 rings (SSSR count). The second-order valence-electron chi connectivity index (χ2n) is 6.33. The second-order valence-corrected chi connectivity index (χ2v) is 6.33. The number of hydrogen-bond acceptors (Lipinski definition) is 12. The van der Waals surface area contributed by atoms with Gasteiger partial charge in [-0.15, -0.1) is 0 Å². The third-order valence-corrected chi connectivity index (χ3v) is 3.54. The Balaban J connectivity index is 0. The number of ether oxygens (including phenoxy) is 9. The molecule has 0 aliphatic rings. The maximum Gasteiger partial charge on any atom is 0.0701 e. The summed E-state index contributed by atoms with van der Waals surface area (Å²) >= 11 is 0. The molecular formula is C22H49NO11. The molecule has 0 atom stereocenters. The Bertz CT molecular complexity index is 301. The van der Waals surface area contributed by atoms with E-state index in [0.29, 0.717) is 119 Å². The van der Waals surface area contributed by atoms with Crippen LogP contribution in [-0.2, 0) is 42.6 Å². The molecule has 0 spiro atoms. The van der Waals surface area contributed by atoms with Crippen LogP contribution >= 0.6 is 0 Å². The maximum atomic E-state index is 8.45. The molecule has 0 saturated heterocycles. The lowest BCUT2D eigenvalue weighted by atomic mass is 10.7. The van der Waals surface area contributed by atoms with Gasteiger partial charge in [0.15, 0.2) is 0 Å². The number of aliphatic hydroxyl groups excluding tert-OH is 2. The zero-order valence-corrected chi connectivity index (χ0v) is 21.0. The number of hydrogen-bond donors (Lipinski definition) is 3. The molecule has 0 bridgehead atoms. The van der Waals surface area contributed by atoms with E-state index in [1.54, 1.807) is 0 Å². The minimum absolute atomic E-state index is 0.0475. The second kappa shape index (κ2) is 37.1. The van der Waals surface area contributed by atoms with Gasteiger partial charge in [-0.1, -0.05) is 0 Å². The number of nitrogens with two attached hydrogens (primary N) is 1. The highest BCUT2D eigenvalue weighted by Crippen LogP contribution is 1.84. The van der Waals surface area contributed by atoms with Gasteiger partial charge < -0.3 is 58.6 Å². The molecule has 0 aliphatic heterocycles. The fourth-order valence-electron chi connectivity index (χ4n) is 2.00. The number of rotatable bonds is 28. The Morgan fingerprint density at radius 1 is 0.382 bits per heavy atom. The lowest BCUT2D eigenvalue weighted by molar-refractivity contribution is -0.0125. The van der Waals surface area contributed by atoms with Crippen molar-refractivity contribution in [3.63, 3.8) is 0 Å². The highest BCUT2D eigenvalue weighted by Gasteiger charge is 1.93. The highest BCUT2D eigenvalue weighted by molar-refractivity contribution is 4.37. The van der Waals surface area contributed by atoms with Crippen LogP contribution < -0.4 is 5.73 Å². The van der Waals surface area contributed by atoms with Crippen molar-refractivity contribution < 1.29 is 52.8 Å². The molecule has 0 unspecified atom stereocenters. The van der Waals surface area contributed by atoms with Crippen LogP contribution in [0.15, 0.2) is 0 Å². The molecule has 12 heteroatoms. The van der Waals surface area contributed by atoms with Crippen LogP contribution in [0, 0.1) is 0 Å². The van der Waals surface area contributed by atoms with Crippen LogP contribution in [0.25, 0.3) is 0 Å². The van der Waals surface area contributed by atoms with Crippen LogP contribution in [0.3, 0.4) is 0 Å². The smallest absolute Gasteiger partial charge is 0.0701 e. The van der Waals surface area contributed by atoms with Gasteiger partial charge >= 0.3 is 0 Å². The first-order valence-electron chi connectivity index (χ1n) is 11.9. The van der Waals surface area contributed by atoms with Gasteiger partial charge in [-0.2, -0.15) is 0 Å². The van der Waals surface area contributed by atoms with Crippen molar-refractivity contribution in [3.8, 4) is 0 Å². The molecule has 0 saturated carbocycles. The van der Waals surface area contributed by atoms with E-state index in [1.165, 1.54) is 0 Å². The molecule has 208 valence electrons. The lowest BCUT2D eigenvalue weighted by Crippen LogP contribution is -2.14. The Kier molecular flexibility index (Phi) is 38.9. The number of aliphatic hydroxyl groups is 2. The maximum absolute atomic E-state index is 8.45. The molecule has 0 fully saturated rings. The summed E-state index contributed by atoms with van der Waals surface area (Å²) in [5.41, 5.74) is 5.25. The molecule has 4 N–H and O–H groups in total. The molecule has 0 aromatic heterocycles. The predicted molar refractivity (Wildman–Crippen MR) is 126 cm³/mol. The van der Waals surface area contributed by atoms with Crippen molar-refractivity contribution in [1.29, 1.82) is 0 Å². The minimum Gasteiger partial charge on any atom is -0.394 e. The Morgan fingerprint density at radius 3 is 0.853 bits per heavy atom. The SMILES string of the molecule is CCOCCOCCOCCOCCOCCO.NCCOCCOCCOCCOCCO. The van der Waals surface area contributed by atoms with Crippen LogP contribution in [0.1, 0.15) is 6.92 Å². The summed E-state index contributed by atoms with van der Waals surface area (Å²) < 4.78 is 46.5. The molecule has 0 radical (unpaired) electrons. The largest absolute Gasteiger partial charge is 0.394 e. The molecule has 0 aromatic carbocycles. The van der Waals surface area contributed by atoms with E-state index in [2.05, 4.69) is 0 Å². The Morgan fingerprint density at radius 2 is 0.618 bits per heavy atom. The fraction of sp³-hybridized carbons (Fsp3) is 1.00. The lowest BCUT2D eigenvalue weighted by Gasteiger charge is -2.07. The third-order valence-electron chi connectivity index (χ3n) is 3.54. The first-order valence-corrected chi connectivity index (χ1v) is 11.9. The summed E-state index contributed by atoms with van der Waals surface area (Å²) in [6, 6.07) is 0. The van der Waals surface area contributed by atoms with E-state index < -0.39 is 0 Å². The third kappa shape index (κ3) is 38.8. The Hall–Kier alpha value is -0.480. The summed E-state index contributed by atoms with van der Waals surface area (Å²) in [6.07, 6.45) is 0. The van der Waals surface area contributed by atoms with Crippen molar-refractivity contribution in [3.05, 3.63) is 0 Å². The molecular weight excluding hydrogens is 454 g/mol. The average molecular weight is 504 g/mol. The highest BCUT2D eigenvalue weighted by atomic mass is 16.6. The van der Waals surface area contributed by atoms with E-state index in [4.69, 9.17) is 58.6 Å². The molecule has 34 heavy (non-hydrogen) atoms. The first kappa shape index (κ1) is 35.7. The van der Waals surface area contributed by atoms with Gasteiger partial charge in [0.1, 0.15) is 0 Å². The van der Waals surface area contributed by atoms with Gasteiger partial charge in [-0.25, -0.2) is 0 Å². The van der Waals surface area contributed by atoms with E-state index >= 15 is 0 Å². The van der Waals surface area contributed by atoms with Gasteiger partial charge in [-0.3, -0.25) is 0 Å². The van der Waals surface area contributed by atoms with E-state index in [0.717, 1.165) is 6.61 Å². The average Bonchev–Trinajstić information content (AvgIpc) is 2.85. The van der Waals surface area contributed by atoms with Crippen molar-refractivity contribution in [2.24, 2.45) is 5.73 Å². The molecule has 0 aliphatic carbocycles. The topological polar surface area (TPSA) is 150 Å². The monoisotopic (exact) mass is 503 g/mol. The van der Waals surface area contributed by atoms with Gasteiger partial charge in [0.05, 0.1) is 126 Å². The molecule has 0 heterocycles. The van der Waals surface area contributed by atoms with Crippen LogP contribution in [0.2, 0.25) is 0 Å². The summed E-state index contributed by atoms with van der Waals surface area (Å²) in [6.45, 7) is 12.3. The minimum atomic E-state index is 0.0475. The van der Waals surface area contributed by atoms with Gasteiger partial charge in [0, 0.05) is 13.2 Å². The summed E-state index contributed by atoms with van der Waals surface area (Å²) in [5.74, 6) is 0. The summed E-state index contributed by atoms with van der Waals surface area (Å²) in [5, 5.41) is 16.9. The zero-order valence-electron chi connectivity index (χ0n) is 21.0. The van der Waals surface area contributed by atoms with Crippen molar-refractivity contribution in [2.75, 3.05) is 139 Å². The summed E-state index contributed by atoms with van der Waals surface area (Å²) in [7, 11) is 0. The van der Waals surface area contributed by atoms with Crippen molar-refractivity contribution >= 4 is 0 Å². The normalized spacial score (nSPS) is 10.9. The molecule has 0 amide bonds. The van der Waals surface area contributed by atoms with Crippen molar-refractivity contribution in [1.82, 2.24) is 0 Å². The first-order chi connectivity index (χ1) is 16.8. The quantitative estimate of drug-likeness (QED) is 0.113. The predicted octanol–water partition coefficient (Wildman–Crippen LogP) is -0.915. The van der Waals surface area contributed by atoms with E-state index in [-0.39, 0.29) is 13.2 Å². The van der Waals surface area contributed by atoms with E-state index in [9.17, 15) is 0 Å². The van der Waals surface area contributed by atoms with E-state index in [1.807, 2.05) is 6.92 Å². The van der Waals surface area contributed by atoms with Gasteiger partial charge in [-0.05, 0) is 6.92 Å². The fourth-order valence-corrected chi connectivity index (χ4v) is 2.00. The van der Waals surface area contributed by atoms with Crippen LogP contribution in [-0.4, -0.2) is 149 Å². The zero-order chi connectivity index (χ0) is 25.2. The van der Waals surface area contributed by atoms with Crippen molar-refractivity contribution in [2.45, 2.75) is 6.92 Å². The molecule has 12 nitrogen and oxygen atoms in total.